The summed E-state index contributed by atoms with van der Waals surface area (Å²) in [4.78, 5) is 24.9. The Hall–Kier alpha value is -3.99. The molecular weight excluding hydrogens is 477 g/mol. The molecule has 2 N–H and O–H groups in total. The monoisotopic (exact) mass is 495 g/mol. The Labute approximate surface area is 206 Å². The van der Waals surface area contributed by atoms with Crippen molar-refractivity contribution in [2.24, 2.45) is 0 Å². The van der Waals surface area contributed by atoms with Crippen molar-refractivity contribution >= 4 is 52.5 Å². The lowest BCUT2D eigenvalue weighted by atomic mass is 10.1. The highest BCUT2D eigenvalue weighted by atomic mass is 35.5. The quantitative estimate of drug-likeness (QED) is 0.314. The van der Waals surface area contributed by atoms with Crippen LogP contribution in [-0.4, -0.2) is 25.5 Å². The van der Waals surface area contributed by atoms with Crippen molar-refractivity contribution in [1.29, 1.82) is 5.26 Å². The van der Waals surface area contributed by atoms with E-state index in [0.717, 1.165) is 0 Å². The van der Waals surface area contributed by atoms with Gasteiger partial charge in [0, 0.05) is 27.0 Å². The van der Waals surface area contributed by atoms with E-state index in [1.165, 1.54) is 12.1 Å². The zero-order valence-electron chi connectivity index (χ0n) is 18.0. The molecule has 0 saturated carbocycles. The smallest absolute Gasteiger partial charge is 0.266 e. The highest BCUT2D eigenvalue weighted by molar-refractivity contribution is 6.31. The third-order valence-electron chi connectivity index (χ3n) is 4.47. The summed E-state index contributed by atoms with van der Waals surface area (Å²) in [7, 11) is 1.55. The third kappa shape index (κ3) is 7.01. The molecule has 0 aliphatic rings. The van der Waals surface area contributed by atoms with Gasteiger partial charge in [0.1, 0.15) is 23.1 Å². The van der Waals surface area contributed by atoms with Crippen LogP contribution in [0.25, 0.3) is 6.08 Å². The van der Waals surface area contributed by atoms with Crippen LogP contribution in [0.1, 0.15) is 5.56 Å². The van der Waals surface area contributed by atoms with Gasteiger partial charge in [-0.05, 0) is 72.8 Å². The second kappa shape index (κ2) is 11.8. The molecule has 0 bridgehead atoms. The van der Waals surface area contributed by atoms with E-state index in [4.69, 9.17) is 32.7 Å². The van der Waals surface area contributed by atoms with Gasteiger partial charge in [-0.3, -0.25) is 9.59 Å². The summed E-state index contributed by atoms with van der Waals surface area (Å²) in [5.41, 5.74) is 1.25. The number of ether oxygens (including phenoxy) is 2. The van der Waals surface area contributed by atoms with Gasteiger partial charge in [0.2, 0.25) is 0 Å². The van der Waals surface area contributed by atoms with Gasteiger partial charge in [0.05, 0.1) is 7.11 Å². The Morgan fingerprint density at radius 3 is 2.21 bits per heavy atom. The van der Waals surface area contributed by atoms with E-state index in [-0.39, 0.29) is 17.9 Å². The Bertz CT molecular complexity index is 1250. The Kier molecular flexibility index (Phi) is 8.52. The van der Waals surface area contributed by atoms with Gasteiger partial charge in [-0.15, -0.1) is 0 Å². The third-order valence-corrected chi connectivity index (χ3v) is 4.96. The first-order valence-corrected chi connectivity index (χ1v) is 10.7. The zero-order valence-corrected chi connectivity index (χ0v) is 19.5. The number of amides is 2. The Morgan fingerprint density at radius 1 is 0.941 bits per heavy atom. The van der Waals surface area contributed by atoms with Gasteiger partial charge in [0.25, 0.3) is 11.8 Å². The van der Waals surface area contributed by atoms with E-state index < -0.39 is 11.8 Å². The van der Waals surface area contributed by atoms with Crippen LogP contribution < -0.4 is 20.1 Å². The number of anilines is 2. The van der Waals surface area contributed by atoms with Gasteiger partial charge in [-0.1, -0.05) is 23.2 Å². The number of benzene rings is 3. The fourth-order valence-corrected chi connectivity index (χ4v) is 3.12. The zero-order chi connectivity index (χ0) is 24.5. The van der Waals surface area contributed by atoms with Gasteiger partial charge in [0.15, 0.2) is 6.61 Å². The molecule has 2 amide bonds. The lowest BCUT2D eigenvalue weighted by Gasteiger charge is -2.11. The summed E-state index contributed by atoms with van der Waals surface area (Å²) >= 11 is 11.9. The number of carbonyl (C=O) groups excluding carboxylic acids is 2. The van der Waals surface area contributed by atoms with E-state index in [9.17, 15) is 14.9 Å². The number of carbonyl (C=O) groups is 2. The number of nitrogens with zero attached hydrogens (tertiary/aromatic N) is 1. The molecule has 0 aromatic heterocycles. The lowest BCUT2D eigenvalue weighted by Crippen LogP contribution is -2.20. The minimum Gasteiger partial charge on any atom is -0.497 e. The molecule has 0 aliphatic heterocycles. The van der Waals surface area contributed by atoms with E-state index in [0.29, 0.717) is 32.7 Å². The highest BCUT2D eigenvalue weighted by Gasteiger charge is 2.13. The molecule has 0 aliphatic carbocycles. The molecule has 0 unspecified atom stereocenters. The molecule has 0 fully saturated rings. The molecule has 0 heterocycles. The topological polar surface area (TPSA) is 100 Å². The average Bonchev–Trinajstić information content (AvgIpc) is 2.83. The van der Waals surface area contributed by atoms with Crippen LogP contribution in [0, 0.1) is 11.3 Å². The van der Waals surface area contributed by atoms with E-state index in [1.807, 2.05) is 6.07 Å². The van der Waals surface area contributed by atoms with Crippen LogP contribution in [0.4, 0.5) is 11.4 Å². The molecule has 7 nitrogen and oxygen atoms in total. The number of nitriles is 1. The fourth-order valence-electron chi connectivity index (χ4n) is 2.81. The average molecular weight is 496 g/mol. The molecule has 3 rings (SSSR count). The summed E-state index contributed by atoms with van der Waals surface area (Å²) in [6, 6.07) is 19.8. The number of rotatable bonds is 8. The summed E-state index contributed by atoms with van der Waals surface area (Å²) in [6.45, 7) is -0.298. The van der Waals surface area contributed by atoms with Crippen LogP contribution in [0.3, 0.4) is 0 Å². The SMILES string of the molecule is COc1ccc(NC(=O)COc2ccc(Cl)cc2/C=C(/C#N)C(=O)Nc2ccc(Cl)cc2)cc1. The van der Waals surface area contributed by atoms with Gasteiger partial charge >= 0.3 is 0 Å². The van der Waals surface area contributed by atoms with Gasteiger partial charge in [-0.25, -0.2) is 0 Å². The van der Waals surface area contributed by atoms with Crippen molar-refractivity contribution in [1.82, 2.24) is 0 Å². The maximum Gasteiger partial charge on any atom is 0.266 e. The normalized spacial score (nSPS) is 10.7. The summed E-state index contributed by atoms with van der Waals surface area (Å²) in [5.74, 6) is -0.0643. The lowest BCUT2D eigenvalue weighted by molar-refractivity contribution is -0.118. The first kappa shape index (κ1) is 24.6. The van der Waals surface area contributed by atoms with Crippen LogP contribution in [0.5, 0.6) is 11.5 Å². The van der Waals surface area contributed by atoms with Crippen molar-refractivity contribution in [2.45, 2.75) is 0 Å². The van der Waals surface area contributed by atoms with E-state index in [2.05, 4.69) is 10.6 Å². The number of methoxy groups -OCH3 is 1. The Balaban J connectivity index is 1.71. The molecule has 0 saturated heterocycles. The number of hydrogen-bond acceptors (Lipinski definition) is 5. The van der Waals surface area contributed by atoms with E-state index >= 15 is 0 Å². The second-order valence-electron chi connectivity index (χ2n) is 6.88. The minimum absolute atomic E-state index is 0.176. The van der Waals surface area contributed by atoms with Crippen LogP contribution in [0.2, 0.25) is 10.0 Å². The summed E-state index contributed by atoms with van der Waals surface area (Å²) in [5, 5.41) is 15.7. The predicted molar refractivity (Wildman–Crippen MR) is 132 cm³/mol. The molecule has 34 heavy (non-hydrogen) atoms. The maximum atomic E-state index is 12.6. The molecule has 3 aromatic carbocycles. The molecule has 0 atom stereocenters. The van der Waals surface area contributed by atoms with Crippen LogP contribution in [0.15, 0.2) is 72.3 Å². The van der Waals surface area contributed by atoms with Crippen LogP contribution in [-0.2, 0) is 9.59 Å². The molecule has 0 spiro atoms. The van der Waals surface area contributed by atoms with Crippen molar-refractivity contribution in [3.05, 3.63) is 87.9 Å². The van der Waals surface area contributed by atoms with E-state index in [1.54, 1.807) is 67.8 Å². The minimum atomic E-state index is -0.618. The number of nitrogens with one attached hydrogen (secondary N) is 2. The second-order valence-corrected chi connectivity index (χ2v) is 7.75. The van der Waals surface area contributed by atoms with Crippen molar-refractivity contribution in [3.8, 4) is 17.6 Å². The highest BCUT2D eigenvalue weighted by Crippen LogP contribution is 2.26. The standard InChI is InChI=1S/C25H19Cl2N3O4/c1-33-22-9-7-20(8-10-22)29-24(31)15-34-23-11-4-19(27)13-16(23)12-17(14-28)25(32)30-21-5-2-18(26)3-6-21/h2-13H,15H2,1H3,(H,29,31)(H,30,32)/b17-12-. The fraction of sp³-hybridized carbons (Fsp3) is 0.0800. The Morgan fingerprint density at radius 2 is 1.56 bits per heavy atom. The van der Waals surface area contributed by atoms with Crippen molar-refractivity contribution < 1.29 is 19.1 Å². The molecule has 0 radical (unpaired) electrons. The molecule has 172 valence electrons. The maximum absolute atomic E-state index is 12.6. The first-order valence-electron chi connectivity index (χ1n) is 9.93. The molecular formula is C25H19Cl2N3O4. The predicted octanol–water partition coefficient (Wildman–Crippen LogP) is 5.57. The van der Waals surface area contributed by atoms with Crippen LogP contribution >= 0.6 is 23.2 Å². The number of halogens is 2. The first-order chi connectivity index (χ1) is 16.4. The number of hydrogen-bond donors (Lipinski definition) is 2. The molecule has 9 heteroatoms. The molecule has 3 aromatic rings. The van der Waals surface area contributed by atoms with Gasteiger partial charge in [-0.2, -0.15) is 5.26 Å². The summed E-state index contributed by atoms with van der Waals surface area (Å²) in [6.07, 6.45) is 1.34. The van der Waals surface area contributed by atoms with Gasteiger partial charge < -0.3 is 20.1 Å². The van der Waals surface area contributed by atoms with Crippen molar-refractivity contribution in [3.63, 3.8) is 0 Å². The largest absolute Gasteiger partial charge is 0.497 e. The van der Waals surface area contributed by atoms with Crippen molar-refractivity contribution in [2.75, 3.05) is 24.4 Å². The summed E-state index contributed by atoms with van der Waals surface area (Å²) < 4.78 is 10.7.